The Morgan fingerprint density at radius 2 is 1.86 bits per heavy atom. The van der Waals surface area contributed by atoms with Crippen LogP contribution in [0.15, 0.2) is 89.5 Å². The first kappa shape index (κ1) is 22.6. The van der Waals surface area contributed by atoms with Crippen molar-refractivity contribution in [2.24, 2.45) is 4.99 Å². The van der Waals surface area contributed by atoms with Gasteiger partial charge >= 0.3 is 0 Å². The van der Waals surface area contributed by atoms with E-state index in [1.807, 2.05) is 42.6 Å². The van der Waals surface area contributed by atoms with Crippen molar-refractivity contribution in [2.45, 2.75) is 13.3 Å². The van der Waals surface area contributed by atoms with Crippen LogP contribution in [-0.4, -0.2) is 32.7 Å². The molecule has 3 aromatic heterocycles. The molecule has 1 unspecified atom stereocenters. The number of nitrogen functional groups attached to an aromatic ring is 1. The molecule has 4 heterocycles. The maximum absolute atomic E-state index is 6.13. The maximum Gasteiger partial charge on any atom is 0.275 e. The number of ether oxygens (including phenoxy) is 1. The van der Waals surface area contributed by atoms with Gasteiger partial charge in [0.15, 0.2) is 5.82 Å². The van der Waals surface area contributed by atoms with Gasteiger partial charge < -0.3 is 15.8 Å². The third kappa shape index (κ3) is 4.69. The monoisotopic (exact) mass is 506 g/mol. The Hall–Kier alpha value is -4.83. The molecule has 0 spiro atoms. The largest absolute Gasteiger partial charge is 0.450 e. The summed E-state index contributed by atoms with van der Waals surface area (Å²) in [6.07, 6.45) is 6.30. The van der Waals surface area contributed by atoms with E-state index in [0.717, 1.165) is 27.0 Å². The molecule has 0 aliphatic carbocycles. The Labute approximate surface area is 217 Å². The van der Waals surface area contributed by atoms with Crippen LogP contribution in [0.2, 0.25) is 0 Å². The van der Waals surface area contributed by atoms with Crippen LogP contribution in [-0.2, 0) is 0 Å². The molecule has 0 amide bonds. The van der Waals surface area contributed by atoms with Gasteiger partial charge in [0.2, 0.25) is 5.95 Å². The number of thiophene rings is 1. The van der Waals surface area contributed by atoms with E-state index in [0.29, 0.717) is 17.4 Å². The van der Waals surface area contributed by atoms with Crippen molar-refractivity contribution in [2.75, 3.05) is 16.0 Å². The van der Waals surface area contributed by atoms with E-state index < -0.39 is 6.35 Å². The van der Waals surface area contributed by atoms with E-state index >= 15 is 0 Å². The molecule has 182 valence electrons. The summed E-state index contributed by atoms with van der Waals surface area (Å²) in [4.78, 5) is 15.5. The van der Waals surface area contributed by atoms with Crippen molar-refractivity contribution in [3.63, 3.8) is 0 Å². The smallest absolute Gasteiger partial charge is 0.275 e. The number of benzene rings is 2. The first-order valence-electron chi connectivity index (χ1n) is 11.6. The zero-order valence-electron chi connectivity index (χ0n) is 19.8. The summed E-state index contributed by atoms with van der Waals surface area (Å²) in [6.45, 7) is 2.08. The number of aliphatic imine (C=N–C) groups is 1. The van der Waals surface area contributed by atoms with Crippen molar-refractivity contribution in [3.05, 3.63) is 90.1 Å². The van der Waals surface area contributed by atoms with Crippen LogP contribution in [0.3, 0.4) is 0 Å². The highest BCUT2D eigenvalue weighted by Gasteiger charge is 2.21. The summed E-state index contributed by atoms with van der Waals surface area (Å²) in [5.41, 5.74) is 8.71. The number of nitrogens with two attached hydrogens (primary N) is 1. The molecule has 1 aliphatic rings. The summed E-state index contributed by atoms with van der Waals surface area (Å²) in [5.74, 6) is 2.12. The van der Waals surface area contributed by atoms with Crippen molar-refractivity contribution in [1.29, 1.82) is 0 Å². The first-order valence-corrected chi connectivity index (χ1v) is 12.4. The number of aromatic nitrogens is 4. The molecular weight excluding hydrogens is 484 g/mol. The third-order valence-electron chi connectivity index (χ3n) is 5.72. The second-order valence-electron chi connectivity index (χ2n) is 8.34. The van der Waals surface area contributed by atoms with Crippen LogP contribution >= 0.6 is 11.3 Å². The van der Waals surface area contributed by atoms with Gasteiger partial charge in [-0.2, -0.15) is 4.98 Å². The lowest BCUT2D eigenvalue weighted by Gasteiger charge is -2.28. The Balaban J connectivity index is 1.22. The van der Waals surface area contributed by atoms with E-state index in [1.54, 1.807) is 40.8 Å². The lowest BCUT2D eigenvalue weighted by molar-refractivity contribution is 0.215. The molecule has 37 heavy (non-hydrogen) atoms. The summed E-state index contributed by atoms with van der Waals surface area (Å²) >= 11 is 1.67. The van der Waals surface area contributed by atoms with Gasteiger partial charge in [0, 0.05) is 35.1 Å². The van der Waals surface area contributed by atoms with Gasteiger partial charge in [-0.15, -0.1) is 21.5 Å². The fourth-order valence-corrected chi connectivity index (χ4v) is 4.89. The topological polar surface area (TPSA) is 114 Å². The molecule has 3 N–H and O–H groups in total. The van der Waals surface area contributed by atoms with Crippen LogP contribution in [0.4, 0.5) is 23.3 Å². The molecule has 0 radical (unpaired) electrons. The number of nitrogens with zero attached hydrogens (tertiary/aromatic N) is 6. The van der Waals surface area contributed by atoms with E-state index in [1.165, 1.54) is 5.56 Å². The number of anilines is 4. The molecule has 0 bridgehead atoms. The van der Waals surface area contributed by atoms with Crippen molar-refractivity contribution in [1.82, 2.24) is 20.2 Å². The first-order chi connectivity index (χ1) is 18.1. The van der Waals surface area contributed by atoms with Gasteiger partial charge in [-0.1, -0.05) is 24.3 Å². The molecule has 10 heteroatoms. The van der Waals surface area contributed by atoms with Crippen molar-refractivity contribution >= 4 is 51.6 Å². The molecule has 0 saturated heterocycles. The number of nitrogens with one attached hydrogen (secondary N) is 1. The Kier molecular flexibility index (Phi) is 5.91. The van der Waals surface area contributed by atoms with E-state index in [4.69, 9.17) is 10.5 Å². The standard InChI is InChI=1S/C27H22N8OS/c1-17-15-22(37-16-17)24-20-5-2-3-6-21(20)25(34-33-24)31-18-7-9-19(10-8-18)36-27-30-12-4-14-35(27)23-11-13-29-26(28)32-23/h2-16,27H,1H3,(H,31,34)(H2,28,29,32). The van der Waals surface area contributed by atoms with Gasteiger partial charge in [0.25, 0.3) is 6.35 Å². The predicted molar refractivity (Wildman–Crippen MR) is 148 cm³/mol. The highest BCUT2D eigenvalue weighted by Crippen LogP contribution is 2.34. The quantitative estimate of drug-likeness (QED) is 0.308. The lowest BCUT2D eigenvalue weighted by Crippen LogP contribution is -2.36. The number of allylic oxidation sites excluding steroid dienone is 1. The molecule has 1 aliphatic heterocycles. The molecule has 5 aromatic rings. The molecule has 0 fully saturated rings. The zero-order chi connectivity index (χ0) is 25.2. The molecule has 1 atom stereocenters. The van der Waals surface area contributed by atoms with Crippen LogP contribution in [0.25, 0.3) is 21.3 Å². The average Bonchev–Trinajstić information content (AvgIpc) is 3.36. The highest BCUT2D eigenvalue weighted by molar-refractivity contribution is 7.13. The minimum atomic E-state index is -0.624. The molecule has 6 rings (SSSR count). The number of rotatable bonds is 6. The Morgan fingerprint density at radius 3 is 2.65 bits per heavy atom. The second kappa shape index (κ2) is 9.67. The highest BCUT2D eigenvalue weighted by atomic mass is 32.1. The predicted octanol–water partition coefficient (Wildman–Crippen LogP) is 5.55. The van der Waals surface area contributed by atoms with Crippen LogP contribution < -0.4 is 20.7 Å². The molecule has 2 aromatic carbocycles. The van der Waals surface area contributed by atoms with Gasteiger partial charge in [-0.05, 0) is 60.3 Å². The van der Waals surface area contributed by atoms with Crippen LogP contribution in [0.1, 0.15) is 5.56 Å². The fourth-order valence-electron chi connectivity index (χ4n) is 3.99. The lowest BCUT2D eigenvalue weighted by atomic mass is 10.1. The van der Waals surface area contributed by atoms with Gasteiger partial charge in [-0.3, -0.25) is 4.90 Å². The summed E-state index contributed by atoms with van der Waals surface area (Å²) in [6, 6.07) is 19.7. The minimum absolute atomic E-state index is 0.184. The summed E-state index contributed by atoms with van der Waals surface area (Å²) < 4.78 is 6.13. The van der Waals surface area contributed by atoms with Crippen molar-refractivity contribution in [3.8, 4) is 16.3 Å². The Morgan fingerprint density at radius 1 is 1.03 bits per heavy atom. The molecule has 9 nitrogen and oxygen atoms in total. The molecular formula is C27H22N8OS. The second-order valence-corrected chi connectivity index (χ2v) is 9.26. The van der Waals surface area contributed by atoms with Crippen LogP contribution in [0, 0.1) is 6.92 Å². The molecule has 0 saturated carbocycles. The third-order valence-corrected chi connectivity index (χ3v) is 6.77. The number of fused-ring (bicyclic) bond motifs is 1. The maximum atomic E-state index is 6.13. The van der Waals surface area contributed by atoms with E-state index in [-0.39, 0.29) is 5.95 Å². The number of aryl methyl sites for hydroxylation is 1. The Bertz CT molecular complexity index is 1630. The average molecular weight is 507 g/mol. The number of hydrogen-bond donors (Lipinski definition) is 2. The van der Waals surface area contributed by atoms with Gasteiger partial charge in [0.1, 0.15) is 17.3 Å². The van der Waals surface area contributed by atoms with Crippen molar-refractivity contribution < 1.29 is 4.74 Å². The fraction of sp³-hybridized carbons (Fsp3) is 0.0741. The summed E-state index contributed by atoms with van der Waals surface area (Å²) in [5, 5.41) is 16.6. The van der Waals surface area contributed by atoms with Crippen LogP contribution in [0.5, 0.6) is 5.75 Å². The zero-order valence-corrected chi connectivity index (χ0v) is 20.6. The number of hydrogen-bond acceptors (Lipinski definition) is 10. The van der Waals surface area contributed by atoms with E-state index in [2.05, 4.69) is 61.0 Å². The van der Waals surface area contributed by atoms with Gasteiger partial charge in [0.05, 0.1) is 4.88 Å². The minimum Gasteiger partial charge on any atom is -0.450 e. The normalized spacial score (nSPS) is 14.7. The van der Waals surface area contributed by atoms with Gasteiger partial charge in [-0.25, -0.2) is 9.98 Å². The van der Waals surface area contributed by atoms with E-state index in [9.17, 15) is 0 Å². The summed E-state index contributed by atoms with van der Waals surface area (Å²) in [7, 11) is 0. The SMILES string of the molecule is Cc1csc(-c2nnc(Nc3ccc(OC4N=CC=CN4c4ccnc(N)n4)cc3)c3ccccc23)c1.